The molecule has 4 nitrogen and oxygen atoms in total. The lowest BCUT2D eigenvalue weighted by Crippen LogP contribution is -2.40. The zero-order valence-electron chi connectivity index (χ0n) is 11.5. The average Bonchev–Trinajstić information content (AvgIpc) is 2.24. The fourth-order valence-electron chi connectivity index (χ4n) is 2.00. The number of sulfonamides is 1. The van der Waals surface area contributed by atoms with Crippen molar-refractivity contribution < 1.29 is 8.42 Å². The Kier molecular flexibility index (Phi) is 4.90. The highest BCUT2D eigenvalue weighted by atomic mass is 32.2. The molecule has 0 aliphatic rings. The Morgan fingerprint density at radius 2 is 1.89 bits per heavy atom. The topological polar surface area (TPSA) is 63.4 Å². The summed E-state index contributed by atoms with van der Waals surface area (Å²) in [5.74, 6) is 0. The van der Waals surface area contributed by atoms with E-state index in [1.807, 2.05) is 39.8 Å². The van der Waals surface area contributed by atoms with Gasteiger partial charge in [-0.3, -0.25) is 0 Å². The lowest BCUT2D eigenvalue weighted by Gasteiger charge is -2.26. The van der Waals surface area contributed by atoms with Gasteiger partial charge < -0.3 is 5.73 Å². The van der Waals surface area contributed by atoms with Crippen LogP contribution in [0.15, 0.2) is 23.1 Å². The van der Waals surface area contributed by atoms with Gasteiger partial charge in [0, 0.05) is 19.1 Å². The second-order valence-electron chi connectivity index (χ2n) is 4.77. The van der Waals surface area contributed by atoms with Crippen molar-refractivity contribution in [3.05, 3.63) is 29.3 Å². The van der Waals surface area contributed by atoms with Gasteiger partial charge in [-0.25, -0.2) is 8.42 Å². The van der Waals surface area contributed by atoms with E-state index < -0.39 is 10.0 Å². The van der Waals surface area contributed by atoms with Gasteiger partial charge in [0.1, 0.15) is 0 Å². The molecule has 102 valence electrons. The molecule has 0 atom stereocenters. The maximum atomic E-state index is 12.6. The molecule has 0 aromatic heterocycles. The minimum Gasteiger partial charge on any atom is -0.329 e. The van der Waals surface area contributed by atoms with Crippen LogP contribution in [0.3, 0.4) is 0 Å². The van der Waals surface area contributed by atoms with Crippen molar-refractivity contribution in [1.82, 2.24) is 4.31 Å². The molecule has 1 rings (SSSR count). The molecule has 0 radical (unpaired) electrons. The molecule has 0 amide bonds. The van der Waals surface area contributed by atoms with Crippen LogP contribution in [0, 0.1) is 13.8 Å². The molecule has 0 bridgehead atoms. The number of nitrogens with zero attached hydrogens (tertiary/aromatic N) is 1. The fourth-order valence-corrected chi connectivity index (χ4v) is 3.86. The van der Waals surface area contributed by atoms with Gasteiger partial charge in [0.2, 0.25) is 10.0 Å². The standard InChI is InChI=1S/C13H22N2O2S/c1-10(2)15(8-7-14)18(16,17)13-6-5-11(3)9-12(13)4/h5-6,9-10H,7-8,14H2,1-4H3. The molecule has 2 N–H and O–H groups in total. The van der Waals surface area contributed by atoms with E-state index in [1.54, 1.807) is 6.07 Å². The maximum Gasteiger partial charge on any atom is 0.243 e. The monoisotopic (exact) mass is 270 g/mol. The summed E-state index contributed by atoms with van der Waals surface area (Å²) < 4.78 is 26.6. The summed E-state index contributed by atoms with van der Waals surface area (Å²) in [6.07, 6.45) is 0. The quantitative estimate of drug-likeness (QED) is 0.885. The van der Waals surface area contributed by atoms with Crippen LogP contribution in [0.25, 0.3) is 0 Å². The molecule has 18 heavy (non-hydrogen) atoms. The first-order valence-corrected chi connectivity index (χ1v) is 7.54. The van der Waals surface area contributed by atoms with Crippen LogP contribution in [0.1, 0.15) is 25.0 Å². The predicted octanol–water partition coefficient (Wildman–Crippen LogP) is 1.66. The van der Waals surface area contributed by atoms with E-state index in [-0.39, 0.29) is 6.04 Å². The van der Waals surface area contributed by atoms with Crippen LogP contribution in [0.2, 0.25) is 0 Å². The zero-order chi connectivity index (χ0) is 13.9. The zero-order valence-corrected chi connectivity index (χ0v) is 12.3. The summed E-state index contributed by atoms with van der Waals surface area (Å²) in [4.78, 5) is 0.371. The van der Waals surface area contributed by atoms with Crippen molar-refractivity contribution in [2.75, 3.05) is 13.1 Å². The molecule has 0 fully saturated rings. The lowest BCUT2D eigenvalue weighted by molar-refractivity contribution is 0.361. The summed E-state index contributed by atoms with van der Waals surface area (Å²) >= 11 is 0. The number of benzene rings is 1. The van der Waals surface area contributed by atoms with E-state index in [9.17, 15) is 8.42 Å². The Balaban J connectivity index is 3.26. The minimum atomic E-state index is -3.46. The second-order valence-corrected chi connectivity index (χ2v) is 6.63. The molecule has 5 heteroatoms. The SMILES string of the molecule is Cc1ccc(S(=O)(=O)N(CCN)C(C)C)c(C)c1. The molecule has 1 aromatic rings. The fraction of sp³-hybridized carbons (Fsp3) is 0.538. The van der Waals surface area contributed by atoms with E-state index >= 15 is 0 Å². The second kappa shape index (κ2) is 5.82. The van der Waals surface area contributed by atoms with E-state index in [0.29, 0.717) is 18.0 Å². The molecule has 1 aromatic carbocycles. The predicted molar refractivity (Wildman–Crippen MR) is 74.0 cm³/mol. The number of aryl methyl sites for hydroxylation is 2. The molecule has 0 heterocycles. The van der Waals surface area contributed by atoms with Crippen LogP contribution in [-0.4, -0.2) is 31.9 Å². The van der Waals surface area contributed by atoms with E-state index in [4.69, 9.17) is 5.73 Å². The van der Waals surface area contributed by atoms with E-state index in [2.05, 4.69) is 0 Å². The summed E-state index contributed by atoms with van der Waals surface area (Å²) in [6.45, 7) is 8.15. The summed E-state index contributed by atoms with van der Waals surface area (Å²) in [7, 11) is -3.46. The van der Waals surface area contributed by atoms with Gasteiger partial charge in [0.05, 0.1) is 4.90 Å². The summed E-state index contributed by atoms with van der Waals surface area (Å²) in [6, 6.07) is 5.28. The Labute approximate surface area is 110 Å². The van der Waals surface area contributed by atoms with Gasteiger partial charge in [0.15, 0.2) is 0 Å². The molecule has 0 unspecified atom stereocenters. The molecule has 0 saturated heterocycles. The van der Waals surface area contributed by atoms with Gasteiger partial charge in [0.25, 0.3) is 0 Å². The van der Waals surface area contributed by atoms with Crippen molar-refractivity contribution in [1.29, 1.82) is 0 Å². The van der Waals surface area contributed by atoms with E-state index in [0.717, 1.165) is 11.1 Å². The van der Waals surface area contributed by atoms with Gasteiger partial charge >= 0.3 is 0 Å². The smallest absolute Gasteiger partial charge is 0.243 e. The van der Waals surface area contributed by atoms with Crippen LogP contribution in [0.5, 0.6) is 0 Å². The first-order chi connectivity index (χ1) is 8.30. The number of hydrogen-bond donors (Lipinski definition) is 1. The Bertz CT molecular complexity index is 510. The third-order valence-electron chi connectivity index (χ3n) is 2.84. The average molecular weight is 270 g/mol. The largest absolute Gasteiger partial charge is 0.329 e. The maximum absolute atomic E-state index is 12.6. The minimum absolute atomic E-state index is 0.0979. The highest BCUT2D eigenvalue weighted by molar-refractivity contribution is 7.89. The Hall–Kier alpha value is -0.910. The summed E-state index contributed by atoms with van der Waals surface area (Å²) in [5, 5.41) is 0. The Morgan fingerprint density at radius 3 is 2.33 bits per heavy atom. The first-order valence-electron chi connectivity index (χ1n) is 6.10. The highest BCUT2D eigenvalue weighted by Crippen LogP contribution is 2.22. The van der Waals surface area contributed by atoms with Gasteiger partial charge in [-0.2, -0.15) is 4.31 Å². The van der Waals surface area contributed by atoms with Crippen LogP contribution >= 0.6 is 0 Å². The number of rotatable bonds is 5. The van der Waals surface area contributed by atoms with Gasteiger partial charge in [-0.1, -0.05) is 17.7 Å². The van der Waals surface area contributed by atoms with Crippen LogP contribution < -0.4 is 5.73 Å². The van der Waals surface area contributed by atoms with Gasteiger partial charge in [-0.15, -0.1) is 0 Å². The molecule has 0 aliphatic carbocycles. The van der Waals surface area contributed by atoms with Crippen molar-refractivity contribution in [2.24, 2.45) is 5.73 Å². The normalized spacial score (nSPS) is 12.4. The van der Waals surface area contributed by atoms with Crippen LogP contribution in [-0.2, 0) is 10.0 Å². The van der Waals surface area contributed by atoms with Crippen molar-refractivity contribution in [2.45, 2.75) is 38.6 Å². The number of hydrogen-bond acceptors (Lipinski definition) is 3. The molecular formula is C13H22N2O2S. The van der Waals surface area contributed by atoms with E-state index in [1.165, 1.54) is 4.31 Å². The lowest BCUT2D eigenvalue weighted by atomic mass is 10.2. The highest BCUT2D eigenvalue weighted by Gasteiger charge is 2.27. The molecule has 0 aliphatic heterocycles. The van der Waals surface area contributed by atoms with Crippen molar-refractivity contribution in [3.8, 4) is 0 Å². The summed E-state index contributed by atoms with van der Waals surface area (Å²) in [5.41, 5.74) is 7.33. The molecule has 0 saturated carbocycles. The Morgan fingerprint density at radius 1 is 1.28 bits per heavy atom. The third kappa shape index (κ3) is 3.10. The van der Waals surface area contributed by atoms with Crippen LogP contribution in [0.4, 0.5) is 0 Å². The molecular weight excluding hydrogens is 248 g/mol. The third-order valence-corrected chi connectivity index (χ3v) is 5.08. The van der Waals surface area contributed by atoms with Crippen molar-refractivity contribution in [3.63, 3.8) is 0 Å². The molecule has 0 spiro atoms. The van der Waals surface area contributed by atoms with Gasteiger partial charge in [-0.05, 0) is 39.3 Å². The first kappa shape index (κ1) is 15.1. The number of nitrogens with two attached hydrogens (primary N) is 1. The van der Waals surface area contributed by atoms with Crippen molar-refractivity contribution >= 4 is 10.0 Å².